The van der Waals surface area contributed by atoms with Crippen molar-refractivity contribution in [3.8, 4) is 0 Å². The summed E-state index contributed by atoms with van der Waals surface area (Å²) in [6, 6.07) is 0. The van der Waals surface area contributed by atoms with Crippen LogP contribution in [0.15, 0.2) is 37.4 Å². The van der Waals surface area contributed by atoms with E-state index in [0.29, 0.717) is 0 Å². The molecule has 0 saturated carbocycles. The average molecular weight is 335 g/mol. The van der Waals surface area contributed by atoms with Crippen molar-refractivity contribution < 1.29 is 9.13 Å². The highest BCUT2D eigenvalue weighted by Crippen LogP contribution is 1.98. The first-order valence-electron chi connectivity index (χ1n) is 9.67. The van der Waals surface area contributed by atoms with Crippen molar-refractivity contribution in [3.63, 3.8) is 0 Å². The largest absolute Gasteiger partial charge is 0.243 e. The lowest BCUT2D eigenvalue weighted by Gasteiger charge is -1.95. The lowest BCUT2D eigenvalue weighted by atomic mass is 10.2. The Morgan fingerprint density at radius 1 is 0.625 bits per heavy atom. The summed E-state index contributed by atoms with van der Waals surface area (Å²) in [5, 5.41) is 0. The Balaban J connectivity index is 0.000000240. The first-order valence-corrected chi connectivity index (χ1v) is 9.67. The van der Waals surface area contributed by atoms with Crippen molar-refractivity contribution in [2.75, 3.05) is 0 Å². The molecule has 4 nitrogen and oxygen atoms in total. The van der Waals surface area contributed by atoms with Crippen LogP contribution in [-0.4, -0.2) is 9.13 Å². The van der Waals surface area contributed by atoms with Gasteiger partial charge in [0.1, 0.15) is 24.8 Å². The van der Waals surface area contributed by atoms with Gasteiger partial charge in [-0.25, -0.2) is 18.3 Å². The molecular weight excluding hydrogens is 296 g/mol. The SMILES string of the molecule is CCCCCC[n+]1ccn(C)c1.CCCCCC[n+]1ccn(C)c1. The summed E-state index contributed by atoms with van der Waals surface area (Å²) in [7, 11) is 4.12. The molecule has 2 aromatic rings. The van der Waals surface area contributed by atoms with Gasteiger partial charge in [-0.05, 0) is 25.7 Å². The molecule has 0 N–H and O–H groups in total. The molecule has 0 aliphatic heterocycles. The minimum atomic E-state index is 1.17. The normalized spacial score (nSPS) is 10.5. The van der Waals surface area contributed by atoms with Crippen molar-refractivity contribution in [1.29, 1.82) is 0 Å². The maximum Gasteiger partial charge on any atom is 0.243 e. The van der Waals surface area contributed by atoms with Crippen LogP contribution < -0.4 is 9.13 Å². The monoisotopic (exact) mass is 334 g/mol. The lowest BCUT2D eigenvalue weighted by Crippen LogP contribution is -2.30. The molecule has 4 heteroatoms. The minimum Gasteiger partial charge on any atom is -0.240 e. The van der Waals surface area contributed by atoms with E-state index >= 15 is 0 Å². The van der Waals surface area contributed by atoms with Gasteiger partial charge in [-0.2, -0.15) is 0 Å². The van der Waals surface area contributed by atoms with E-state index in [0.717, 1.165) is 0 Å². The number of unbranched alkanes of at least 4 members (excludes halogenated alkanes) is 6. The highest BCUT2D eigenvalue weighted by atomic mass is 15.1. The summed E-state index contributed by atoms with van der Waals surface area (Å²) in [5.74, 6) is 0. The van der Waals surface area contributed by atoms with Crippen LogP contribution in [0, 0.1) is 0 Å². The fourth-order valence-corrected chi connectivity index (χ4v) is 2.71. The maximum absolute atomic E-state index is 2.25. The quantitative estimate of drug-likeness (QED) is 0.465. The predicted molar refractivity (Wildman–Crippen MR) is 99.5 cm³/mol. The van der Waals surface area contributed by atoms with Gasteiger partial charge in [0.05, 0.1) is 27.2 Å². The van der Waals surface area contributed by atoms with Crippen molar-refractivity contribution in [2.45, 2.75) is 78.3 Å². The summed E-state index contributed by atoms with van der Waals surface area (Å²) in [6.45, 7) is 6.83. The molecule has 0 radical (unpaired) electrons. The van der Waals surface area contributed by atoms with Gasteiger partial charge in [0.2, 0.25) is 12.7 Å². The summed E-state index contributed by atoms with van der Waals surface area (Å²) < 4.78 is 8.66. The third-order valence-corrected chi connectivity index (χ3v) is 4.19. The number of nitrogens with zero attached hydrogens (tertiary/aromatic N) is 4. The molecule has 0 amide bonds. The Morgan fingerprint density at radius 2 is 1.04 bits per heavy atom. The molecular formula is C20H38N4+2. The molecule has 0 atom stereocenters. The second-order valence-corrected chi connectivity index (χ2v) is 6.76. The van der Waals surface area contributed by atoms with Crippen LogP contribution in [0.5, 0.6) is 0 Å². The van der Waals surface area contributed by atoms with Crippen LogP contribution in [0.25, 0.3) is 0 Å². The van der Waals surface area contributed by atoms with Crippen LogP contribution in [0.4, 0.5) is 0 Å². The zero-order chi connectivity index (χ0) is 17.6. The van der Waals surface area contributed by atoms with Crippen LogP contribution in [0.3, 0.4) is 0 Å². The van der Waals surface area contributed by atoms with Gasteiger partial charge < -0.3 is 0 Å². The number of imidazole rings is 2. The highest BCUT2D eigenvalue weighted by Gasteiger charge is 1.98. The van der Waals surface area contributed by atoms with Crippen LogP contribution in [-0.2, 0) is 27.2 Å². The van der Waals surface area contributed by atoms with Crippen LogP contribution >= 0.6 is 0 Å². The summed E-state index contributed by atoms with van der Waals surface area (Å²) in [4.78, 5) is 0. The molecule has 0 aromatic carbocycles. The van der Waals surface area contributed by atoms with E-state index < -0.39 is 0 Å². The smallest absolute Gasteiger partial charge is 0.240 e. The standard InChI is InChI=1S/2C10H19N2/c2*1-3-4-5-6-7-12-9-8-11(2)10-12/h2*8-10H,3-7H2,1-2H3/q2*+1. The highest BCUT2D eigenvalue weighted by molar-refractivity contribution is 4.62. The molecule has 0 aliphatic rings. The second kappa shape index (κ2) is 12.8. The van der Waals surface area contributed by atoms with Gasteiger partial charge in [0, 0.05) is 0 Å². The molecule has 0 bridgehead atoms. The Morgan fingerprint density at radius 3 is 1.33 bits per heavy atom. The van der Waals surface area contributed by atoms with Gasteiger partial charge in [-0.3, -0.25) is 0 Å². The van der Waals surface area contributed by atoms with E-state index in [4.69, 9.17) is 0 Å². The van der Waals surface area contributed by atoms with E-state index in [1.807, 2.05) is 0 Å². The van der Waals surface area contributed by atoms with E-state index in [1.54, 1.807) is 0 Å². The molecule has 2 rings (SSSR count). The summed E-state index contributed by atoms with van der Waals surface area (Å²) in [6.07, 6.45) is 23.4. The number of hydrogen-bond acceptors (Lipinski definition) is 0. The molecule has 0 fully saturated rings. The zero-order valence-electron chi connectivity index (χ0n) is 16.3. The first-order chi connectivity index (χ1) is 11.7. The van der Waals surface area contributed by atoms with Crippen LogP contribution in [0.2, 0.25) is 0 Å². The topological polar surface area (TPSA) is 17.6 Å². The molecule has 2 heterocycles. The molecule has 136 valence electrons. The fourth-order valence-electron chi connectivity index (χ4n) is 2.71. The lowest BCUT2D eigenvalue weighted by molar-refractivity contribution is -0.697. The molecule has 0 saturated heterocycles. The maximum atomic E-state index is 2.25. The van der Waals surface area contributed by atoms with E-state index in [9.17, 15) is 0 Å². The van der Waals surface area contributed by atoms with Crippen molar-refractivity contribution in [2.24, 2.45) is 14.1 Å². The van der Waals surface area contributed by atoms with Crippen molar-refractivity contribution >= 4 is 0 Å². The molecule has 0 spiro atoms. The Hall–Kier alpha value is -1.58. The van der Waals surface area contributed by atoms with Crippen molar-refractivity contribution in [3.05, 3.63) is 37.4 Å². The van der Waals surface area contributed by atoms with Gasteiger partial charge in [0.15, 0.2) is 0 Å². The third-order valence-electron chi connectivity index (χ3n) is 4.19. The van der Waals surface area contributed by atoms with Gasteiger partial charge in [-0.15, -0.1) is 0 Å². The predicted octanol–water partition coefficient (Wildman–Crippen LogP) is 3.79. The van der Waals surface area contributed by atoms with E-state index in [2.05, 4.69) is 83.7 Å². The van der Waals surface area contributed by atoms with Gasteiger partial charge in [0.25, 0.3) is 0 Å². The second-order valence-electron chi connectivity index (χ2n) is 6.76. The van der Waals surface area contributed by atoms with E-state index in [-0.39, 0.29) is 0 Å². The zero-order valence-corrected chi connectivity index (χ0v) is 16.3. The number of aryl methyl sites for hydroxylation is 4. The Kier molecular flexibility index (Phi) is 10.9. The molecule has 0 aliphatic carbocycles. The van der Waals surface area contributed by atoms with E-state index in [1.165, 1.54) is 64.5 Å². The van der Waals surface area contributed by atoms with Gasteiger partial charge >= 0.3 is 0 Å². The number of hydrogen-bond donors (Lipinski definition) is 0. The number of aromatic nitrogens is 4. The molecule has 0 unspecified atom stereocenters. The molecule has 24 heavy (non-hydrogen) atoms. The summed E-state index contributed by atoms with van der Waals surface area (Å²) >= 11 is 0. The van der Waals surface area contributed by atoms with Gasteiger partial charge in [-0.1, -0.05) is 39.5 Å². The first kappa shape index (κ1) is 20.5. The molecule has 2 aromatic heterocycles. The third kappa shape index (κ3) is 9.53. The number of rotatable bonds is 10. The minimum absolute atomic E-state index is 1.17. The van der Waals surface area contributed by atoms with Crippen molar-refractivity contribution in [1.82, 2.24) is 9.13 Å². The average Bonchev–Trinajstić information content (AvgIpc) is 3.17. The summed E-state index contributed by atoms with van der Waals surface area (Å²) in [5.41, 5.74) is 0. The van der Waals surface area contributed by atoms with Crippen LogP contribution in [0.1, 0.15) is 65.2 Å². The fraction of sp³-hybridized carbons (Fsp3) is 0.700. The Bertz CT molecular complexity index is 479. The Labute approximate surface area is 148 Å².